The summed E-state index contributed by atoms with van der Waals surface area (Å²) < 4.78 is 2.35. The van der Waals surface area contributed by atoms with Gasteiger partial charge in [-0.15, -0.1) is 0 Å². The first-order chi connectivity index (χ1) is 17.6. The second kappa shape index (κ2) is 8.42. The van der Waals surface area contributed by atoms with Gasteiger partial charge in [0.25, 0.3) is 0 Å². The topological polar surface area (TPSA) is 72.9 Å². The third-order valence-corrected chi connectivity index (χ3v) is 8.11. The number of pyridine rings is 1. The Balaban J connectivity index is 1.29. The lowest BCUT2D eigenvalue weighted by Gasteiger charge is -2.42. The van der Waals surface area contributed by atoms with Crippen LogP contribution in [0.3, 0.4) is 0 Å². The van der Waals surface area contributed by atoms with Gasteiger partial charge in [-0.1, -0.05) is 42.5 Å². The second-order valence-electron chi connectivity index (χ2n) is 10.5. The SMILES string of the molecule is Cc1cc(-c2ccccc2)nc2cc(-c3cn(C4CC(CN5CCC5)C4)c4ncnc(N)c34)ccc12. The van der Waals surface area contributed by atoms with E-state index in [2.05, 4.69) is 81.1 Å². The molecule has 0 unspecified atom stereocenters. The van der Waals surface area contributed by atoms with Crippen molar-refractivity contribution in [2.45, 2.75) is 32.2 Å². The molecule has 1 saturated carbocycles. The summed E-state index contributed by atoms with van der Waals surface area (Å²) in [6, 6.07) is 19.5. The van der Waals surface area contributed by atoms with Crippen LogP contribution in [0.4, 0.5) is 5.82 Å². The Labute approximate surface area is 210 Å². The van der Waals surface area contributed by atoms with Crippen molar-refractivity contribution in [1.82, 2.24) is 24.4 Å². The van der Waals surface area contributed by atoms with Gasteiger partial charge in [0.1, 0.15) is 17.8 Å². The summed E-state index contributed by atoms with van der Waals surface area (Å²) in [7, 11) is 0. The van der Waals surface area contributed by atoms with E-state index >= 15 is 0 Å². The molecule has 2 aliphatic rings. The Bertz CT molecular complexity index is 1580. The maximum Gasteiger partial charge on any atom is 0.146 e. The van der Waals surface area contributed by atoms with E-state index in [1.807, 2.05) is 6.07 Å². The van der Waals surface area contributed by atoms with Crippen LogP contribution < -0.4 is 5.73 Å². The lowest BCUT2D eigenvalue weighted by molar-refractivity contribution is 0.0921. The van der Waals surface area contributed by atoms with E-state index in [0.717, 1.165) is 44.9 Å². The molecule has 2 N–H and O–H groups in total. The number of nitrogens with two attached hydrogens (primary N) is 1. The van der Waals surface area contributed by atoms with Crippen LogP contribution in [0.1, 0.15) is 30.9 Å². The highest BCUT2D eigenvalue weighted by Gasteiger charge is 2.34. The third-order valence-electron chi connectivity index (χ3n) is 8.11. The van der Waals surface area contributed by atoms with E-state index in [1.54, 1.807) is 6.33 Å². The zero-order valence-corrected chi connectivity index (χ0v) is 20.6. The molecule has 0 atom stereocenters. The van der Waals surface area contributed by atoms with E-state index in [0.29, 0.717) is 11.9 Å². The molecule has 2 fully saturated rings. The number of hydrogen-bond acceptors (Lipinski definition) is 5. The van der Waals surface area contributed by atoms with Gasteiger partial charge < -0.3 is 15.2 Å². The molecule has 1 aliphatic heterocycles. The van der Waals surface area contributed by atoms with Gasteiger partial charge in [-0.2, -0.15) is 0 Å². The molecule has 6 nitrogen and oxygen atoms in total. The van der Waals surface area contributed by atoms with Crippen LogP contribution in [0.15, 0.2) is 67.1 Å². The minimum absolute atomic E-state index is 0.465. The number of hydrogen-bond donors (Lipinski definition) is 1. The highest BCUT2D eigenvalue weighted by atomic mass is 15.2. The molecular formula is C30H30N6. The minimum Gasteiger partial charge on any atom is -0.383 e. The summed E-state index contributed by atoms with van der Waals surface area (Å²) in [6.45, 7) is 5.92. The summed E-state index contributed by atoms with van der Waals surface area (Å²) in [5.41, 5.74) is 13.9. The molecule has 0 radical (unpaired) electrons. The predicted octanol–water partition coefficient (Wildman–Crippen LogP) is 5.86. The fourth-order valence-electron chi connectivity index (χ4n) is 5.94. The van der Waals surface area contributed by atoms with Crippen molar-refractivity contribution in [3.8, 4) is 22.4 Å². The first kappa shape index (κ1) is 21.5. The molecule has 1 aliphatic carbocycles. The normalized spacial score (nSPS) is 19.9. The number of nitrogen functional groups attached to an aromatic ring is 1. The average Bonchev–Trinajstić information content (AvgIpc) is 3.23. The zero-order chi connectivity index (χ0) is 24.2. The Morgan fingerprint density at radius 1 is 0.972 bits per heavy atom. The molecule has 3 aromatic heterocycles. The standard InChI is InChI=1S/C30H30N6/c1-19-12-26(21-6-3-2-4-7-21)34-27-15-22(8-9-24(19)27)25-17-36(30-28(25)29(31)32-18-33-30)23-13-20(14-23)16-35-10-5-11-35/h2-4,6-9,12,15,17-18,20,23H,5,10-11,13-14,16H2,1H3,(H2,31,32,33). The van der Waals surface area contributed by atoms with E-state index < -0.39 is 0 Å². The summed E-state index contributed by atoms with van der Waals surface area (Å²) in [5, 5.41) is 2.11. The predicted molar refractivity (Wildman–Crippen MR) is 146 cm³/mol. The molecule has 0 spiro atoms. The number of rotatable bonds is 5. The van der Waals surface area contributed by atoms with Crippen LogP contribution in [-0.2, 0) is 0 Å². The van der Waals surface area contributed by atoms with Crippen molar-refractivity contribution in [3.05, 3.63) is 72.7 Å². The van der Waals surface area contributed by atoms with Crippen molar-refractivity contribution in [2.24, 2.45) is 5.92 Å². The first-order valence-electron chi connectivity index (χ1n) is 12.9. The minimum atomic E-state index is 0.465. The van der Waals surface area contributed by atoms with Gasteiger partial charge in [0.2, 0.25) is 0 Å². The van der Waals surface area contributed by atoms with Crippen molar-refractivity contribution in [1.29, 1.82) is 0 Å². The summed E-state index contributed by atoms with van der Waals surface area (Å²) >= 11 is 0. The van der Waals surface area contributed by atoms with E-state index in [9.17, 15) is 0 Å². The van der Waals surface area contributed by atoms with Crippen LogP contribution >= 0.6 is 0 Å². The number of nitrogens with zero attached hydrogens (tertiary/aromatic N) is 5. The lowest BCUT2D eigenvalue weighted by Crippen LogP contribution is -2.43. The molecule has 6 heteroatoms. The molecule has 36 heavy (non-hydrogen) atoms. The molecule has 0 bridgehead atoms. The fourth-order valence-corrected chi connectivity index (χ4v) is 5.94. The molecule has 7 rings (SSSR count). The van der Waals surface area contributed by atoms with Gasteiger partial charge in [0.05, 0.1) is 16.6 Å². The van der Waals surface area contributed by atoms with Gasteiger partial charge in [-0.25, -0.2) is 15.0 Å². The number of benzene rings is 2. The molecule has 0 amide bonds. The second-order valence-corrected chi connectivity index (χ2v) is 10.5. The number of anilines is 1. The van der Waals surface area contributed by atoms with Crippen LogP contribution in [0, 0.1) is 12.8 Å². The summed E-state index contributed by atoms with van der Waals surface area (Å²) in [5.74, 6) is 1.31. The molecule has 4 heterocycles. The summed E-state index contributed by atoms with van der Waals surface area (Å²) in [4.78, 5) is 16.6. The zero-order valence-electron chi connectivity index (χ0n) is 20.6. The quantitative estimate of drug-likeness (QED) is 0.345. The molecule has 1 saturated heterocycles. The lowest BCUT2D eigenvalue weighted by atomic mass is 9.79. The monoisotopic (exact) mass is 474 g/mol. The Morgan fingerprint density at radius 3 is 2.58 bits per heavy atom. The van der Waals surface area contributed by atoms with Crippen molar-refractivity contribution in [3.63, 3.8) is 0 Å². The molecule has 2 aromatic carbocycles. The first-order valence-corrected chi connectivity index (χ1v) is 12.9. The van der Waals surface area contributed by atoms with Gasteiger partial charge in [-0.05, 0) is 68.5 Å². The van der Waals surface area contributed by atoms with Crippen molar-refractivity contribution < 1.29 is 0 Å². The highest BCUT2D eigenvalue weighted by molar-refractivity contribution is 6.02. The van der Waals surface area contributed by atoms with Crippen LogP contribution in [0.5, 0.6) is 0 Å². The maximum absolute atomic E-state index is 6.44. The van der Waals surface area contributed by atoms with E-state index in [1.165, 1.54) is 49.8 Å². The molecule has 180 valence electrons. The van der Waals surface area contributed by atoms with Gasteiger partial charge in [-0.3, -0.25) is 0 Å². The Kier molecular flexibility index (Phi) is 5.03. The number of aromatic nitrogens is 4. The smallest absolute Gasteiger partial charge is 0.146 e. The third kappa shape index (κ3) is 3.56. The number of likely N-dealkylation sites (tertiary alicyclic amines) is 1. The van der Waals surface area contributed by atoms with Crippen LogP contribution in [0.2, 0.25) is 0 Å². The van der Waals surface area contributed by atoms with Crippen LogP contribution in [0.25, 0.3) is 44.3 Å². The van der Waals surface area contributed by atoms with Gasteiger partial charge in [0.15, 0.2) is 0 Å². The molecule has 5 aromatic rings. The Morgan fingerprint density at radius 2 is 1.81 bits per heavy atom. The van der Waals surface area contributed by atoms with Crippen molar-refractivity contribution in [2.75, 3.05) is 25.4 Å². The highest BCUT2D eigenvalue weighted by Crippen LogP contribution is 2.43. The Hall–Kier alpha value is -3.77. The number of fused-ring (bicyclic) bond motifs is 2. The largest absolute Gasteiger partial charge is 0.383 e. The maximum atomic E-state index is 6.44. The number of aryl methyl sites for hydroxylation is 1. The average molecular weight is 475 g/mol. The summed E-state index contributed by atoms with van der Waals surface area (Å²) in [6.07, 6.45) is 7.58. The van der Waals surface area contributed by atoms with E-state index in [4.69, 9.17) is 10.7 Å². The fraction of sp³-hybridized carbons (Fsp3) is 0.300. The van der Waals surface area contributed by atoms with E-state index in [-0.39, 0.29) is 0 Å². The van der Waals surface area contributed by atoms with Gasteiger partial charge >= 0.3 is 0 Å². The van der Waals surface area contributed by atoms with Gasteiger partial charge in [0, 0.05) is 35.3 Å². The van der Waals surface area contributed by atoms with Crippen LogP contribution in [-0.4, -0.2) is 44.1 Å². The molecular weight excluding hydrogens is 444 g/mol. The van der Waals surface area contributed by atoms with Crippen molar-refractivity contribution >= 4 is 27.8 Å².